The van der Waals surface area contributed by atoms with Crippen molar-refractivity contribution in [3.8, 4) is 0 Å². The highest BCUT2D eigenvalue weighted by Gasteiger charge is 2.56. The molecule has 2 aliphatic heterocycles. The number of hydrogen-bond acceptors (Lipinski definition) is 3. The van der Waals surface area contributed by atoms with E-state index in [1.807, 2.05) is 37.3 Å². The highest BCUT2D eigenvalue weighted by atomic mass is 32.2. The lowest BCUT2D eigenvalue weighted by atomic mass is 9.58. The third-order valence-electron chi connectivity index (χ3n) is 5.24. The Balaban J connectivity index is 1.59. The van der Waals surface area contributed by atoms with Gasteiger partial charge in [-0.05, 0) is 24.6 Å². The van der Waals surface area contributed by atoms with Crippen LogP contribution >= 0.6 is 0 Å². The zero-order chi connectivity index (χ0) is 16.9. The number of piperidine rings is 2. The van der Waals surface area contributed by atoms with Crippen molar-refractivity contribution in [1.29, 1.82) is 0 Å². The van der Waals surface area contributed by atoms with Crippen molar-refractivity contribution in [3.63, 3.8) is 0 Å². The van der Waals surface area contributed by atoms with Gasteiger partial charge in [0.25, 0.3) is 0 Å². The minimum absolute atomic E-state index is 0.156. The van der Waals surface area contributed by atoms with Gasteiger partial charge < -0.3 is 0 Å². The van der Waals surface area contributed by atoms with E-state index in [9.17, 15) is 13.2 Å². The van der Waals surface area contributed by atoms with Crippen molar-refractivity contribution in [3.05, 3.63) is 65.7 Å². The zero-order valence-electron chi connectivity index (χ0n) is 13.4. The quantitative estimate of drug-likeness (QED) is 0.862. The van der Waals surface area contributed by atoms with E-state index in [-0.39, 0.29) is 36.6 Å². The summed E-state index contributed by atoms with van der Waals surface area (Å²) in [6.07, 6.45) is 0. The molecule has 0 amide bonds. The van der Waals surface area contributed by atoms with Crippen LogP contribution in [0.25, 0.3) is 0 Å². The highest BCUT2D eigenvalue weighted by molar-refractivity contribution is 7.89. The number of rotatable bonds is 3. The van der Waals surface area contributed by atoms with Crippen molar-refractivity contribution >= 4 is 15.8 Å². The van der Waals surface area contributed by atoms with Crippen LogP contribution in [0.5, 0.6) is 0 Å². The molecule has 0 spiro atoms. The van der Waals surface area contributed by atoms with Crippen LogP contribution in [0.15, 0.2) is 59.5 Å². The van der Waals surface area contributed by atoms with E-state index in [0.717, 1.165) is 11.1 Å². The summed E-state index contributed by atoms with van der Waals surface area (Å²) >= 11 is 0. The lowest BCUT2D eigenvalue weighted by Crippen LogP contribution is -2.61. The Morgan fingerprint density at radius 2 is 1.50 bits per heavy atom. The first-order valence-electron chi connectivity index (χ1n) is 8.14. The van der Waals surface area contributed by atoms with E-state index in [4.69, 9.17) is 0 Å². The van der Waals surface area contributed by atoms with Crippen molar-refractivity contribution < 1.29 is 13.2 Å². The number of ketones is 1. The summed E-state index contributed by atoms with van der Waals surface area (Å²) in [6, 6.07) is 16.8. The Hall–Kier alpha value is -1.98. The van der Waals surface area contributed by atoms with Gasteiger partial charge in [-0.25, -0.2) is 8.42 Å². The maximum atomic E-state index is 12.8. The first kappa shape index (κ1) is 15.5. The van der Waals surface area contributed by atoms with Gasteiger partial charge in [0.15, 0.2) is 0 Å². The lowest BCUT2D eigenvalue weighted by Gasteiger charge is -2.51. The summed E-state index contributed by atoms with van der Waals surface area (Å²) in [6.45, 7) is 2.49. The van der Waals surface area contributed by atoms with Gasteiger partial charge >= 0.3 is 0 Å². The molecule has 3 aliphatic rings. The largest absolute Gasteiger partial charge is 0.299 e. The third-order valence-corrected chi connectivity index (χ3v) is 7.09. The second-order valence-electron chi connectivity index (χ2n) is 6.69. The van der Waals surface area contributed by atoms with Gasteiger partial charge in [0.05, 0.1) is 4.90 Å². The second kappa shape index (κ2) is 5.53. The van der Waals surface area contributed by atoms with E-state index in [2.05, 4.69) is 0 Å². The number of sulfonamides is 1. The Morgan fingerprint density at radius 1 is 0.917 bits per heavy atom. The fourth-order valence-electron chi connectivity index (χ4n) is 3.91. The molecule has 124 valence electrons. The summed E-state index contributed by atoms with van der Waals surface area (Å²) in [4.78, 5) is 12.6. The number of hydrogen-bond donors (Lipinski definition) is 0. The molecule has 2 aromatic carbocycles. The monoisotopic (exact) mass is 341 g/mol. The molecular formula is C19H19NO3S. The second-order valence-corrected chi connectivity index (χ2v) is 8.62. The van der Waals surface area contributed by atoms with Gasteiger partial charge in [0.1, 0.15) is 5.78 Å². The van der Waals surface area contributed by atoms with E-state index in [1.54, 1.807) is 24.3 Å². The fraction of sp³-hybridized carbons (Fsp3) is 0.316. The van der Waals surface area contributed by atoms with Gasteiger partial charge in [-0.1, -0.05) is 48.0 Å². The molecule has 1 saturated carbocycles. The Morgan fingerprint density at radius 3 is 2.08 bits per heavy atom. The van der Waals surface area contributed by atoms with Gasteiger partial charge in [0, 0.05) is 30.8 Å². The minimum Gasteiger partial charge on any atom is -0.299 e. The average Bonchev–Trinajstić information content (AvgIpc) is 2.61. The van der Waals surface area contributed by atoms with Crippen molar-refractivity contribution in [2.45, 2.75) is 17.7 Å². The van der Waals surface area contributed by atoms with E-state index >= 15 is 0 Å². The molecule has 5 rings (SSSR count). The maximum Gasteiger partial charge on any atom is 0.243 e. The van der Waals surface area contributed by atoms with Crippen molar-refractivity contribution in [1.82, 2.24) is 4.31 Å². The Labute approximate surface area is 142 Å². The number of Topliss-reactive ketones (excluding diaryl/α,β-unsaturated/α-hetero) is 1. The van der Waals surface area contributed by atoms with Crippen LogP contribution in [0.3, 0.4) is 0 Å². The summed E-state index contributed by atoms with van der Waals surface area (Å²) in [5, 5.41) is 0. The lowest BCUT2D eigenvalue weighted by molar-refractivity contribution is -0.143. The van der Waals surface area contributed by atoms with Crippen LogP contribution in [0, 0.1) is 18.8 Å². The molecule has 0 N–H and O–H groups in total. The standard InChI is InChI=1S/C19H19NO3S/c1-13-7-9-15(10-8-13)24(22,23)20-11-16-18(17(12-20)19(16)21)14-5-3-2-4-6-14/h2-10,16-18H,11-12H2,1H3. The molecule has 2 atom stereocenters. The molecule has 24 heavy (non-hydrogen) atoms. The molecule has 2 aromatic rings. The molecule has 2 heterocycles. The summed E-state index contributed by atoms with van der Waals surface area (Å²) in [5.41, 5.74) is 2.16. The summed E-state index contributed by atoms with van der Waals surface area (Å²) < 4.78 is 27.1. The summed E-state index contributed by atoms with van der Waals surface area (Å²) in [7, 11) is -3.53. The molecule has 0 radical (unpaired) electrons. The Kier molecular flexibility index (Phi) is 3.58. The van der Waals surface area contributed by atoms with Crippen LogP contribution in [0.2, 0.25) is 0 Å². The SMILES string of the molecule is Cc1ccc(S(=O)(=O)N2CC3C(=O)C(C2)C3c2ccccc2)cc1. The molecule has 3 fully saturated rings. The van der Waals surface area contributed by atoms with Gasteiger partial charge in [-0.2, -0.15) is 4.31 Å². The van der Waals surface area contributed by atoms with E-state index in [0.29, 0.717) is 4.90 Å². The molecule has 2 saturated heterocycles. The molecule has 0 aromatic heterocycles. The van der Waals surface area contributed by atoms with E-state index in [1.165, 1.54) is 4.31 Å². The van der Waals surface area contributed by atoms with Gasteiger partial charge in [-0.15, -0.1) is 0 Å². The average molecular weight is 341 g/mol. The number of carbonyl (C=O) groups excluding carboxylic acids is 1. The molecule has 5 heteroatoms. The third kappa shape index (κ3) is 2.31. The predicted molar refractivity (Wildman–Crippen MR) is 91.1 cm³/mol. The van der Waals surface area contributed by atoms with E-state index < -0.39 is 10.0 Å². The number of carbonyl (C=O) groups is 1. The van der Waals surface area contributed by atoms with Crippen molar-refractivity contribution in [2.24, 2.45) is 11.8 Å². The van der Waals surface area contributed by atoms with Crippen LogP contribution < -0.4 is 0 Å². The van der Waals surface area contributed by atoms with Crippen molar-refractivity contribution in [2.75, 3.05) is 13.1 Å². The zero-order valence-corrected chi connectivity index (χ0v) is 14.2. The molecular weight excluding hydrogens is 322 g/mol. The molecule has 2 bridgehead atoms. The van der Waals surface area contributed by atoms with Gasteiger partial charge in [-0.3, -0.25) is 4.79 Å². The highest BCUT2D eigenvalue weighted by Crippen LogP contribution is 2.49. The predicted octanol–water partition coefficient (Wildman–Crippen LogP) is 2.60. The number of benzene rings is 2. The van der Waals surface area contributed by atoms with Crippen LogP contribution in [-0.2, 0) is 14.8 Å². The molecule has 1 aliphatic carbocycles. The Bertz CT molecular complexity index is 859. The maximum absolute atomic E-state index is 12.8. The number of nitrogens with zero attached hydrogens (tertiary/aromatic N) is 1. The minimum atomic E-state index is -3.53. The molecule has 4 nitrogen and oxygen atoms in total. The van der Waals surface area contributed by atoms with Gasteiger partial charge in [0.2, 0.25) is 10.0 Å². The normalized spacial score (nSPS) is 26.9. The van der Waals surface area contributed by atoms with Crippen LogP contribution in [-0.4, -0.2) is 31.6 Å². The first-order chi connectivity index (χ1) is 11.5. The molecule has 2 unspecified atom stereocenters. The number of aryl methyl sites for hydroxylation is 1. The topological polar surface area (TPSA) is 54.5 Å². The fourth-order valence-corrected chi connectivity index (χ4v) is 5.40. The summed E-state index contributed by atoms with van der Waals surface area (Å²) in [5.74, 6) is -0.0693. The first-order valence-corrected chi connectivity index (χ1v) is 9.58. The number of fused-ring (bicyclic) bond motifs is 2. The smallest absolute Gasteiger partial charge is 0.243 e. The van der Waals surface area contributed by atoms with Crippen LogP contribution in [0.4, 0.5) is 0 Å². The van der Waals surface area contributed by atoms with Crippen LogP contribution in [0.1, 0.15) is 17.0 Å².